The first-order valence-corrected chi connectivity index (χ1v) is 5.12. The van der Waals surface area contributed by atoms with Crippen molar-refractivity contribution < 1.29 is 5.11 Å². The summed E-state index contributed by atoms with van der Waals surface area (Å²) in [6.07, 6.45) is 3.36. The maximum absolute atomic E-state index is 11.4. The second-order valence-electron chi connectivity index (χ2n) is 4.12. The normalized spacial score (nSPS) is 16.3. The van der Waals surface area contributed by atoms with E-state index in [1.807, 2.05) is 0 Å². The molecule has 15 heavy (non-hydrogen) atoms. The molecule has 0 spiro atoms. The summed E-state index contributed by atoms with van der Waals surface area (Å²) in [6, 6.07) is 0. The molecule has 0 aromatic carbocycles. The van der Waals surface area contributed by atoms with E-state index in [0.717, 1.165) is 12.8 Å². The zero-order valence-corrected chi connectivity index (χ0v) is 8.62. The number of aromatic hydroxyl groups is 1. The van der Waals surface area contributed by atoms with Crippen LogP contribution in [-0.2, 0) is 6.54 Å². The summed E-state index contributed by atoms with van der Waals surface area (Å²) in [5.41, 5.74) is -0.828. The van der Waals surface area contributed by atoms with Gasteiger partial charge in [0.1, 0.15) is 0 Å². The molecule has 2 N–H and O–H groups in total. The van der Waals surface area contributed by atoms with Crippen molar-refractivity contribution in [3.8, 4) is 5.88 Å². The van der Waals surface area contributed by atoms with Gasteiger partial charge >= 0.3 is 5.69 Å². The Kier molecular flexibility index (Phi) is 2.38. The van der Waals surface area contributed by atoms with Crippen molar-refractivity contribution in [2.24, 2.45) is 5.92 Å². The molecule has 0 saturated heterocycles. The van der Waals surface area contributed by atoms with Gasteiger partial charge in [-0.15, -0.1) is 0 Å². The number of nitrogens with zero attached hydrogens (tertiary/aromatic N) is 1. The molecular formula is C10H14N2O3. The lowest BCUT2D eigenvalue weighted by Gasteiger charge is -2.26. The molecule has 0 atom stereocenters. The molecule has 1 aliphatic rings. The largest absolute Gasteiger partial charge is 0.494 e. The van der Waals surface area contributed by atoms with E-state index in [-0.39, 0.29) is 11.4 Å². The van der Waals surface area contributed by atoms with Crippen molar-refractivity contribution in [3.63, 3.8) is 0 Å². The van der Waals surface area contributed by atoms with Gasteiger partial charge in [-0.1, -0.05) is 6.42 Å². The molecule has 1 aromatic heterocycles. The summed E-state index contributed by atoms with van der Waals surface area (Å²) < 4.78 is 1.25. The average Bonchev–Trinajstić information content (AvgIpc) is 2.11. The van der Waals surface area contributed by atoms with Gasteiger partial charge in [-0.25, -0.2) is 4.79 Å². The first-order chi connectivity index (χ1) is 7.09. The summed E-state index contributed by atoms with van der Waals surface area (Å²) in [5, 5.41) is 9.67. The first-order valence-electron chi connectivity index (χ1n) is 5.12. The topological polar surface area (TPSA) is 75.1 Å². The second kappa shape index (κ2) is 3.56. The lowest BCUT2D eigenvalue weighted by Crippen LogP contribution is -2.34. The molecule has 82 valence electrons. The lowest BCUT2D eigenvalue weighted by atomic mass is 9.85. The fraction of sp³-hybridized carbons (Fsp3) is 0.600. The van der Waals surface area contributed by atoms with Crippen LogP contribution in [0.5, 0.6) is 5.88 Å². The highest BCUT2D eigenvalue weighted by Gasteiger charge is 2.20. The molecule has 0 unspecified atom stereocenters. The van der Waals surface area contributed by atoms with Crippen LogP contribution in [0.1, 0.15) is 24.8 Å². The van der Waals surface area contributed by atoms with Crippen LogP contribution < -0.4 is 11.2 Å². The van der Waals surface area contributed by atoms with E-state index >= 15 is 0 Å². The Morgan fingerprint density at radius 1 is 1.47 bits per heavy atom. The van der Waals surface area contributed by atoms with Gasteiger partial charge in [0.2, 0.25) is 5.88 Å². The van der Waals surface area contributed by atoms with Crippen LogP contribution in [0, 0.1) is 12.8 Å². The molecule has 1 fully saturated rings. The molecule has 1 saturated carbocycles. The molecule has 0 radical (unpaired) electrons. The molecule has 1 heterocycles. The fourth-order valence-corrected chi connectivity index (χ4v) is 1.76. The Morgan fingerprint density at radius 2 is 2.13 bits per heavy atom. The van der Waals surface area contributed by atoms with Crippen molar-refractivity contribution in [2.75, 3.05) is 0 Å². The van der Waals surface area contributed by atoms with Crippen LogP contribution in [0.25, 0.3) is 0 Å². The number of hydrogen-bond acceptors (Lipinski definition) is 3. The van der Waals surface area contributed by atoms with Crippen molar-refractivity contribution >= 4 is 0 Å². The van der Waals surface area contributed by atoms with Gasteiger partial charge in [-0.05, 0) is 25.7 Å². The van der Waals surface area contributed by atoms with Gasteiger partial charge in [0.05, 0.1) is 5.56 Å². The van der Waals surface area contributed by atoms with E-state index in [0.29, 0.717) is 12.5 Å². The SMILES string of the molecule is Cc1c(O)n(CC2CCC2)c(=O)[nH]c1=O. The van der Waals surface area contributed by atoms with Crippen LogP contribution in [0.4, 0.5) is 0 Å². The van der Waals surface area contributed by atoms with Gasteiger partial charge in [0.25, 0.3) is 5.56 Å². The van der Waals surface area contributed by atoms with E-state index in [1.165, 1.54) is 17.9 Å². The molecule has 5 heteroatoms. The maximum atomic E-state index is 11.4. The predicted octanol–water partition coefficient (Wildman–Crippen LogP) is 0.351. The lowest BCUT2D eigenvalue weighted by molar-refractivity contribution is 0.256. The molecule has 1 aliphatic carbocycles. The predicted molar refractivity (Wildman–Crippen MR) is 55.1 cm³/mol. The van der Waals surface area contributed by atoms with Crippen molar-refractivity contribution in [1.82, 2.24) is 9.55 Å². The van der Waals surface area contributed by atoms with Crippen LogP contribution in [0.15, 0.2) is 9.59 Å². The van der Waals surface area contributed by atoms with Gasteiger partial charge in [-0.2, -0.15) is 0 Å². The second-order valence-corrected chi connectivity index (χ2v) is 4.12. The highest BCUT2D eigenvalue weighted by molar-refractivity contribution is 5.20. The van der Waals surface area contributed by atoms with Crippen molar-refractivity contribution in [2.45, 2.75) is 32.7 Å². The third kappa shape index (κ3) is 1.69. The number of nitrogens with one attached hydrogen (secondary N) is 1. The van der Waals surface area contributed by atoms with Gasteiger partial charge in [0, 0.05) is 6.54 Å². The molecule has 2 rings (SSSR count). The third-order valence-corrected chi connectivity index (χ3v) is 3.06. The molecule has 0 amide bonds. The van der Waals surface area contributed by atoms with Crippen LogP contribution in [-0.4, -0.2) is 14.7 Å². The minimum Gasteiger partial charge on any atom is -0.494 e. The summed E-state index contributed by atoms with van der Waals surface area (Å²) in [6.45, 7) is 2.01. The van der Waals surface area contributed by atoms with Crippen LogP contribution >= 0.6 is 0 Å². The highest BCUT2D eigenvalue weighted by atomic mass is 16.3. The number of aromatic amines is 1. The number of rotatable bonds is 2. The van der Waals surface area contributed by atoms with Crippen LogP contribution in [0.2, 0.25) is 0 Å². The smallest absolute Gasteiger partial charge is 0.331 e. The molecule has 1 aromatic rings. The monoisotopic (exact) mass is 210 g/mol. The Labute approximate surface area is 86.4 Å². The van der Waals surface area contributed by atoms with E-state index in [4.69, 9.17) is 0 Å². The summed E-state index contributed by atoms with van der Waals surface area (Å²) in [7, 11) is 0. The van der Waals surface area contributed by atoms with E-state index in [2.05, 4.69) is 4.98 Å². The molecule has 0 aliphatic heterocycles. The summed E-state index contributed by atoms with van der Waals surface area (Å²) in [4.78, 5) is 24.8. The molecule has 5 nitrogen and oxygen atoms in total. The zero-order valence-electron chi connectivity index (χ0n) is 8.62. The minimum atomic E-state index is -0.519. The maximum Gasteiger partial charge on any atom is 0.331 e. The Balaban J connectivity index is 2.41. The third-order valence-electron chi connectivity index (χ3n) is 3.06. The quantitative estimate of drug-likeness (QED) is 0.739. The van der Waals surface area contributed by atoms with E-state index in [9.17, 15) is 14.7 Å². The summed E-state index contributed by atoms with van der Waals surface area (Å²) in [5.74, 6) is 0.259. The van der Waals surface area contributed by atoms with E-state index < -0.39 is 11.2 Å². The van der Waals surface area contributed by atoms with Crippen molar-refractivity contribution in [1.29, 1.82) is 0 Å². The number of hydrogen-bond donors (Lipinski definition) is 2. The standard InChI is InChI=1S/C10H14N2O3/c1-6-8(13)11-10(15)12(9(6)14)5-7-3-2-4-7/h7,14H,2-5H2,1H3,(H,11,13,15). The van der Waals surface area contributed by atoms with Gasteiger partial charge in [0.15, 0.2) is 0 Å². The highest BCUT2D eigenvalue weighted by Crippen LogP contribution is 2.28. The fourth-order valence-electron chi connectivity index (χ4n) is 1.76. The number of aromatic nitrogens is 2. The molecular weight excluding hydrogens is 196 g/mol. The van der Waals surface area contributed by atoms with Gasteiger partial charge < -0.3 is 5.11 Å². The molecule has 0 bridgehead atoms. The first kappa shape index (κ1) is 10.0. The summed E-state index contributed by atoms with van der Waals surface area (Å²) >= 11 is 0. The van der Waals surface area contributed by atoms with Crippen molar-refractivity contribution in [3.05, 3.63) is 26.4 Å². The number of H-pyrrole nitrogens is 1. The van der Waals surface area contributed by atoms with E-state index in [1.54, 1.807) is 0 Å². The Bertz CT molecular complexity index is 482. The Hall–Kier alpha value is -1.52. The average molecular weight is 210 g/mol. The van der Waals surface area contributed by atoms with Gasteiger partial charge in [-0.3, -0.25) is 14.3 Å². The van der Waals surface area contributed by atoms with Crippen LogP contribution in [0.3, 0.4) is 0 Å². The zero-order chi connectivity index (χ0) is 11.0. The Morgan fingerprint density at radius 3 is 2.67 bits per heavy atom. The minimum absolute atomic E-state index is 0.198.